The minimum atomic E-state index is -0.561. The van der Waals surface area contributed by atoms with Crippen LogP contribution < -0.4 is 10.9 Å². The first-order chi connectivity index (χ1) is 15.8. The molecule has 1 N–H and O–H groups in total. The van der Waals surface area contributed by atoms with E-state index >= 15 is 0 Å². The molecule has 0 saturated heterocycles. The lowest BCUT2D eigenvalue weighted by Crippen LogP contribution is -2.26. The van der Waals surface area contributed by atoms with Gasteiger partial charge in [0, 0.05) is 35.0 Å². The lowest BCUT2D eigenvalue weighted by atomic mass is 9.84. The number of benzene rings is 2. The Morgan fingerprint density at radius 3 is 2.39 bits per heavy atom. The Morgan fingerprint density at radius 2 is 1.67 bits per heavy atom. The average molecular weight is 476 g/mol. The fraction of sp³-hybridized carbons (Fsp3) is 0.125. The Kier molecular flexibility index (Phi) is 5.22. The smallest absolute Gasteiger partial charge is 0.262 e. The minimum absolute atomic E-state index is 0.158. The van der Waals surface area contributed by atoms with Crippen LogP contribution in [0.5, 0.6) is 0 Å². The van der Waals surface area contributed by atoms with Gasteiger partial charge in [-0.25, -0.2) is 4.98 Å². The molecule has 1 aliphatic rings. The number of nitrogens with zero attached hydrogens (tertiary/aromatic N) is 2. The quantitative estimate of drug-likeness (QED) is 0.313. The van der Waals surface area contributed by atoms with E-state index < -0.39 is 5.25 Å². The van der Waals surface area contributed by atoms with Gasteiger partial charge < -0.3 is 5.32 Å². The lowest BCUT2D eigenvalue weighted by Gasteiger charge is -2.19. The van der Waals surface area contributed by atoms with E-state index in [-0.39, 0.29) is 28.6 Å². The van der Waals surface area contributed by atoms with E-state index in [1.807, 2.05) is 5.38 Å². The second-order valence-electron chi connectivity index (χ2n) is 7.61. The molecule has 1 amide bonds. The molecule has 7 nitrogen and oxygen atoms in total. The molecule has 0 bridgehead atoms. The fourth-order valence-electron chi connectivity index (χ4n) is 3.72. The number of rotatable bonds is 4. The van der Waals surface area contributed by atoms with E-state index in [1.54, 1.807) is 56.4 Å². The Labute approximate surface area is 196 Å². The van der Waals surface area contributed by atoms with Crippen LogP contribution in [0.15, 0.2) is 63.9 Å². The molecule has 0 fully saturated rings. The molecular weight excluding hydrogens is 458 g/mol. The first-order valence-corrected chi connectivity index (χ1v) is 11.9. The van der Waals surface area contributed by atoms with Crippen molar-refractivity contribution in [3.63, 3.8) is 0 Å². The van der Waals surface area contributed by atoms with E-state index in [0.717, 1.165) is 0 Å². The summed E-state index contributed by atoms with van der Waals surface area (Å²) in [6, 6.07) is 13.2. The van der Waals surface area contributed by atoms with Gasteiger partial charge in [0.1, 0.15) is 4.83 Å². The molecule has 2 aromatic heterocycles. The van der Waals surface area contributed by atoms with Gasteiger partial charge in [-0.05, 0) is 36.6 Å². The monoisotopic (exact) mass is 475 g/mol. The van der Waals surface area contributed by atoms with Crippen molar-refractivity contribution in [1.82, 2.24) is 9.55 Å². The number of hydrogen-bond acceptors (Lipinski definition) is 7. The number of carbonyl (C=O) groups is 3. The maximum absolute atomic E-state index is 12.9. The number of thiophene rings is 1. The molecule has 1 aliphatic carbocycles. The lowest BCUT2D eigenvalue weighted by molar-refractivity contribution is -0.115. The summed E-state index contributed by atoms with van der Waals surface area (Å²) in [5, 5.41) is 5.05. The topological polar surface area (TPSA) is 98.1 Å². The maximum atomic E-state index is 12.9. The van der Waals surface area contributed by atoms with E-state index in [0.29, 0.717) is 37.8 Å². The highest BCUT2D eigenvalue weighted by molar-refractivity contribution is 8.00. The molecule has 0 saturated carbocycles. The SMILES string of the molecule is CC(Sc1nc2sccc2c(=O)n1C)C(=O)Nc1ccc2c(c1)C(=O)c1ccccc1C2=O. The first-order valence-electron chi connectivity index (χ1n) is 10.1. The molecule has 164 valence electrons. The first kappa shape index (κ1) is 21.3. The van der Waals surface area contributed by atoms with E-state index in [4.69, 9.17) is 0 Å². The maximum Gasteiger partial charge on any atom is 0.262 e. The molecule has 4 aromatic rings. The van der Waals surface area contributed by atoms with E-state index in [1.165, 1.54) is 33.7 Å². The highest BCUT2D eigenvalue weighted by Crippen LogP contribution is 2.30. The van der Waals surface area contributed by atoms with Gasteiger partial charge in [0.25, 0.3) is 5.56 Å². The van der Waals surface area contributed by atoms with Crippen molar-refractivity contribution in [3.05, 3.63) is 86.5 Å². The van der Waals surface area contributed by atoms with Crippen LogP contribution in [0.3, 0.4) is 0 Å². The van der Waals surface area contributed by atoms with Crippen molar-refractivity contribution >= 4 is 56.5 Å². The number of fused-ring (bicyclic) bond motifs is 3. The van der Waals surface area contributed by atoms with Crippen molar-refractivity contribution < 1.29 is 14.4 Å². The molecule has 1 atom stereocenters. The highest BCUT2D eigenvalue weighted by atomic mass is 32.2. The third-order valence-electron chi connectivity index (χ3n) is 5.51. The molecule has 2 heterocycles. The van der Waals surface area contributed by atoms with Crippen molar-refractivity contribution in [2.24, 2.45) is 7.05 Å². The predicted octanol–water partition coefficient (Wildman–Crippen LogP) is 3.89. The molecular formula is C24H17N3O4S2. The second-order valence-corrected chi connectivity index (χ2v) is 9.81. The summed E-state index contributed by atoms with van der Waals surface area (Å²) in [4.78, 5) is 56.1. The van der Waals surface area contributed by atoms with E-state index in [9.17, 15) is 19.2 Å². The molecule has 33 heavy (non-hydrogen) atoms. The van der Waals surface area contributed by atoms with Gasteiger partial charge in [0.05, 0.1) is 10.6 Å². The van der Waals surface area contributed by atoms with Crippen LogP contribution in [0.2, 0.25) is 0 Å². The van der Waals surface area contributed by atoms with Crippen LogP contribution in [0.25, 0.3) is 10.2 Å². The van der Waals surface area contributed by atoms with Crippen LogP contribution in [0, 0.1) is 0 Å². The summed E-state index contributed by atoms with van der Waals surface area (Å²) >= 11 is 2.55. The average Bonchev–Trinajstić information content (AvgIpc) is 3.29. The Hall–Kier alpha value is -3.56. The van der Waals surface area contributed by atoms with Gasteiger partial charge in [-0.1, -0.05) is 36.0 Å². The molecule has 0 spiro atoms. The fourth-order valence-corrected chi connectivity index (χ4v) is 5.40. The Morgan fingerprint density at radius 1 is 1.00 bits per heavy atom. The van der Waals surface area contributed by atoms with Crippen molar-refractivity contribution in [1.29, 1.82) is 0 Å². The van der Waals surface area contributed by atoms with Crippen molar-refractivity contribution in [3.8, 4) is 0 Å². The molecule has 9 heteroatoms. The summed E-state index contributed by atoms with van der Waals surface area (Å²) in [6.45, 7) is 1.72. The molecule has 1 unspecified atom stereocenters. The third kappa shape index (κ3) is 3.59. The zero-order valence-corrected chi connectivity index (χ0v) is 19.3. The number of hydrogen-bond donors (Lipinski definition) is 1. The number of nitrogens with one attached hydrogen (secondary N) is 1. The standard InChI is InChI=1S/C24H17N3O4S2/c1-12(33-24-26-22-17(9-10-32-22)23(31)27(24)2)21(30)25-13-7-8-16-18(11-13)20(29)15-6-4-3-5-14(15)19(16)28/h3-12H,1-2H3,(H,25,30). The number of thioether (sulfide) groups is 1. The number of amides is 1. The van der Waals surface area contributed by atoms with Crippen LogP contribution >= 0.6 is 23.1 Å². The Bertz CT molecular complexity index is 1540. The Balaban J connectivity index is 1.37. The predicted molar refractivity (Wildman–Crippen MR) is 129 cm³/mol. The third-order valence-corrected chi connectivity index (χ3v) is 7.46. The molecule has 0 aliphatic heterocycles. The summed E-state index contributed by atoms with van der Waals surface area (Å²) in [5.41, 5.74) is 1.60. The number of ketones is 2. The highest BCUT2D eigenvalue weighted by Gasteiger charge is 2.29. The van der Waals surface area contributed by atoms with Crippen molar-refractivity contribution in [2.45, 2.75) is 17.3 Å². The summed E-state index contributed by atoms with van der Waals surface area (Å²) in [7, 11) is 1.63. The second kappa shape index (κ2) is 8.09. The molecule has 0 radical (unpaired) electrons. The number of carbonyl (C=O) groups excluding carboxylic acids is 3. The van der Waals surface area contributed by atoms with Crippen molar-refractivity contribution in [2.75, 3.05) is 5.32 Å². The molecule has 2 aromatic carbocycles. The van der Waals surface area contributed by atoms with Gasteiger partial charge in [-0.2, -0.15) is 0 Å². The van der Waals surface area contributed by atoms with Gasteiger partial charge in [-0.3, -0.25) is 23.7 Å². The summed E-state index contributed by atoms with van der Waals surface area (Å²) < 4.78 is 1.43. The largest absolute Gasteiger partial charge is 0.325 e. The summed E-state index contributed by atoms with van der Waals surface area (Å²) in [5.74, 6) is -0.768. The number of anilines is 1. The zero-order chi connectivity index (χ0) is 23.3. The van der Waals surface area contributed by atoms with Gasteiger partial charge in [0.15, 0.2) is 16.7 Å². The minimum Gasteiger partial charge on any atom is -0.325 e. The summed E-state index contributed by atoms with van der Waals surface area (Å²) in [6.07, 6.45) is 0. The zero-order valence-electron chi connectivity index (χ0n) is 17.6. The normalized spacial score (nSPS) is 13.5. The van der Waals surface area contributed by atoms with Crippen LogP contribution in [-0.4, -0.2) is 32.3 Å². The molecule has 5 rings (SSSR count). The van der Waals surface area contributed by atoms with Crippen LogP contribution in [0.4, 0.5) is 5.69 Å². The van der Waals surface area contributed by atoms with Crippen LogP contribution in [-0.2, 0) is 11.8 Å². The van der Waals surface area contributed by atoms with Gasteiger partial charge in [-0.15, -0.1) is 11.3 Å². The van der Waals surface area contributed by atoms with Gasteiger partial charge in [0.2, 0.25) is 5.91 Å². The number of aromatic nitrogens is 2. The van der Waals surface area contributed by atoms with Gasteiger partial charge >= 0.3 is 0 Å². The van der Waals surface area contributed by atoms with E-state index in [2.05, 4.69) is 10.3 Å². The van der Waals surface area contributed by atoms with Crippen LogP contribution in [0.1, 0.15) is 38.8 Å².